The Morgan fingerprint density at radius 2 is 2.40 bits per heavy atom. The summed E-state index contributed by atoms with van der Waals surface area (Å²) in [5.74, 6) is 2.18. The lowest BCUT2D eigenvalue weighted by Gasteiger charge is -2.25. The zero-order chi connectivity index (χ0) is 10.7. The maximum Gasteiger partial charge on any atom is 0.124 e. The highest BCUT2D eigenvalue weighted by molar-refractivity contribution is 9.10. The summed E-state index contributed by atoms with van der Waals surface area (Å²) in [4.78, 5) is 0. The molecule has 82 valence electrons. The van der Waals surface area contributed by atoms with Gasteiger partial charge in [-0.15, -0.1) is 11.8 Å². The molecule has 1 fully saturated rings. The summed E-state index contributed by atoms with van der Waals surface area (Å²) in [6.07, 6.45) is 1.25. The van der Waals surface area contributed by atoms with E-state index in [1.165, 1.54) is 17.7 Å². The first kappa shape index (κ1) is 11.3. The van der Waals surface area contributed by atoms with Crippen LogP contribution in [0.25, 0.3) is 0 Å². The first-order valence-electron chi connectivity index (χ1n) is 4.99. The normalized spacial score (nSPS) is 21.3. The minimum absolute atomic E-state index is 0.367. The summed E-state index contributed by atoms with van der Waals surface area (Å²) in [6, 6.07) is 6.15. The van der Waals surface area contributed by atoms with Gasteiger partial charge in [-0.1, -0.05) is 15.9 Å². The molecule has 0 amide bonds. The molecule has 1 aliphatic heterocycles. The second-order valence-corrected chi connectivity index (χ2v) is 5.57. The summed E-state index contributed by atoms with van der Waals surface area (Å²) >= 11 is 5.44. The number of benzene rings is 1. The number of nitrogens with one attached hydrogen (secondary N) is 1. The molecule has 0 bridgehead atoms. The van der Waals surface area contributed by atoms with E-state index in [9.17, 15) is 0 Å². The standard InChI is InChI=1S/C11H14BrNOS/c1-14-10-4-3-8(12)7-9(10)11-13-5-2-6-15-11/h3-4,7,11,13H,2,5-6H2,1H3. The average molecular weight is 288 g/mol. The molecule has 1 aromatic carbocycles. The average Bonchev–Trinajstić information content (AvgIpc) is 2.30. The molecule has 1 aliphatic rings. The second-order valence-electron chi connectivity index (χ2n) is 3.44. The van der Waals surface area contributed by atoms with E-state index in [2.05, 4.69) is 27.3 Å². The maximum atomic E-state index is 5.38. The van der Waals surface area contributed by atoms with E-state index in [1.54, 1.807) is 7.11 Å². The molecule has 1 aromatic rings. The Kier molecular flexibility index (Phi) is 3.94. The lowest BCUT2D eigenvalue weighted by Crippen LogP contribution is -2.25. The van der Waals surface area contributed by atoms with E-state index in [0.29, 0.717) is 5.37 Å². The fourth-order valence-corrected chi connectivity index (χ4v) is 3.20. The lowest BCUT2D eigenvalue weighted by molar-refractivity contribution is 0.406. The molecule has 1 heterocycles. The first-order valence-corrected chi connectivity index (χ1v) is 6.84. The second kappa shape index (κ2) is 5.23. The van der Waals surface area contributed by atoms with Crippen LogP contribution in [0.1, 0.15) is 17.4 Å². The summed E-state index contributed by atoms with van der Waals surface area (Å²) in [7, 11) is 1.72. The number of halogens is 1. The fourth-order valence-electron chi connectivity index (χ4n) is 1.68. The molecule has 2 rings (SSSR count). The Labute approximate surface area is 103 Å². The number of thioether (sulfide) groups is 1. The van der Waals surface area contributed by atoms with Crippen LogP contribution in [0.4, 0.5) is 0 Å². The summed E-state index contributed by atoms with van der Waals surface area (Å²) in [5, 5.41) is 3.87. The van der Waals surface area contributed by atoms with Crippen LogP contribution in [-0.2, 0) is 0 Å². The molecule has 0 aliphatic carbocycles. The third kappa shape index (κ3) is 2.68. The van der Waals surface area contributed by atoms with Crippen molar-refractivity contribution in [1.82, 2.24) is 5.32 Å². The van der Waals surface area contributed by atoms with E-state index >= 15 is 0 Å². The zero-order valence-electron chi connectivity index (χ0n) is 8.63. The Balaban J connectivity index is 2.27. The molecule has 1 atom stereocenters. The summed E-state index contributed by atoms with van der Waals surface area (Å²) in [5.41, 5.74) is 1.23. The molecule has 15 heavy (non-hydrogen) atoms. The van der Waals surface area contributed by atoms with Crippen LogP contribution in [0.5, 0.6) is 5.75 Å². The van der Waals surface area contributed by atoms with E-state index in [4.69, 9.17) is 4.74 Å². The minimum Gasteiger partial charge on any atom is -0.496 e. The van der Waals surface area contributed by atoms with Gasteiger partial charge in [-0.3, -0.25) is 0 Å². The lowest BCUT2D eigenvalue weighted by atomic mass is 10.2. The maximum absolute atomic E-state index is 5.38. The number of hydrogen-bond donors (Lipinski definition) is 1. The molecule has 0 spiro atoms. The molecular formula is C11H14BrNOS. The zero-order valence-corrected chi connectivity index (χ0v) is 11.0. The third-order valence-corrected chi connectivity index (χ3v) is 4.18. The van der Waals surface area contributed by atoms with Gasteiger partial charge in [0.1, 0.15) is 5.75 Å². The van der Waals surface area contributed by atoms with Crippen molar-refractivity contribution in [2.24, 2.45) is 0 Å². The number of hydrogen-bond acceptors (Lipinski definition) is 3. The highest BCUT2D eigenvalue weighted by Crippen LogP contribution is 2.36. The smallest absolute Gasteiger partial charge is 0.124 e. The Hall–Kier alpha value is -0.190. The van der Waals surface area contributed by atoms with Gasteiger partial charge in [0, 0.05) is 10.0 Å². The van der Waals surface area contributed by atoms with Crippen molar-refractivity contribution >= 4 is 27.7 Å². The van der Waals surface area contributed by atoms with Crippen molar-refractivity contribution < 1.29 is 4.74 Å². The van der Waals surface area contributed by atoms with Crippen LogP contribution in [0.3, 0.4) is 0 Å². The molecule has 1 unspecified atom stereocenters. The highest BCUT2D eigenvalue weighted by Gasteiger charge is 2.19. The van der Waals surface area contributed by atoms with Crippen molar-refractivity contribution in [2.75, 3.05) is 19.4 Å². The largest absolute Gasteiger partial charge is 0.496 e. The topological polar surface area (TPSA) is 21.3 Å². The van der Waals surface area contributed by atoms with Crippen molar-refractivity contribution in [1.29, 1.82) is 0 Å². The molecule has 0 radical (unpaired) electrons. The van der Waals surface area contributed by atoms with Crippen LogP contribution < -0.4 is 10.1 Å². The van der Waals surface area contributed by atoms with Crippen molar-refractivity contribution in [3.05, 3.63) is 28.2 Å². The fraction of sp³-hybridized carbons (Fsp3) is 0.455. The molecule has 1 saturated heterocycles. The van der Waals surface area contributed by atoms with Gasteiger partial charge in [0.05, 0.1) is 12.5 Å². The highest BCUT2D eigenvalue weighted by atomic mass is 79.9. The quantitative estimate of drug-likeness (QED) is 0.903. The van der Waals surface area contributed by atoms with E-state index in [0.717, 1.165) is 16.8 Å². The van der Waals surface area contributed by atoms with Crippen molar-refractivity contribution in [2.45, 2.75) is 11.8 Å². The van der Waals surface area contributed by atoms with Gasteiger partial charge in [-0.05, 0) is 36.9 Å². The predicted molar refractivity (Wildman–Crippen MR) is 68.5 cm³/mol. The molecule has 0 saturated carbocycles. The van der Waals surface area contributed by atoms with Crippen LogP contribution in [-0.4, -0.2) is 19.4 Å². The van der Waals surface area contributed by atoms with Crippen LogP contribution in [0, 0.1) is 0 Å². The number of ether oxygens (including phenoxy) is 1. The summed E-state index contributed by atoms with van der Waals surface area (Å²) in [6.45, 7) is 1.09. The van der Waals surface area contributed by atoms with E-state index in [-0.39, 0.29) is 0 Å². The minimum atomic E-state index is 0.367. The molecule has 4 heteroatoms. The number of rotatable bonds is 2. The molecule has 0 aromatic heterocycles. The molecule has 2 nitrogen and oxygen atoms in total. The monoisotopic (exact) mass is 287 g/mol. The van der Waals surface area contributed by atoms with Crippen LogP contribution in [0.2, 0.25) is 0 Å². The summed E-state index contributed by atoms with van der Waals surface area (Å²) < 4.78 is 6.48. The van der Waals surface area contributed by atoms with Gasteiger partial charge in [0.2, 0.25) is 0 Å². The van der Waals surface area contributed by atoms with Gasteiger partial charge in [-0.2, -0.15) is 0 Å². The Bertz CT molecular complexity index is 339. The van der Waals surface area contributed by atoms with E-state index in [1.807, 2.05) is 23.9 Å². The van der Waals surface area contributed by atoms with Gasteiger partial charge in [-0.25, -0.2) is 0 Å². The predicted octanol–water partition coefficient (Wildman–Crippen LogP) is 3.18. The van der Waals surface area contributed by atoms with Crippen LogP contribution in [0.15, 0.2) is 22.7 Å². The van der Waals surface area contributed by atoms with Gasteiger partial charge < -0.3 is 10.1 Å². The van der Waals surface area contributed by atoms with E-state index < -0.39 is 0 Å². The van der Waals surface area contributed by atoms with Crippen molar-refractivity contribution in [3.63, 3.8) is 0 Å². The third-order valence-electron chi connectivity index (χ3n) is 2.41. The molecular weight excluding hydrogens is 274 g/mol. The first-order chi connectivity index (χ1) is 7.31. The number of methoxy groups -OCH3 is 1. The SMILES string of the molecule is COc1ccc(Br)cc1C1NCCCS1. The van der Waals surface area contributed by atoms with Gasteiger partial charge in [0.15, 0.2) is 0 Å². The Morgan fingerprint density at radius 3 is 3.07 bits per heavy atom. The van der Waals surface area contributed by atoms with Gasteiger partial charge in [0.25, 0.3) is 0 Å². The Morgan fingerprint density at radius 1 is 1.53 bits per heavy atom. The van der Waals surface area contributed by atoms with Gasteiger partial charge >= 0.3 is 0 Å². The molecule has 1 N–H and O–H groups in total. The van der Waals surface area contributed by atoms with Crippen molar-refractivity contribution in [3.8, 4) is 5.75 Å². The van der Waals surface area contributed by atoms with Crippen LogP contribution >= 0.6 is 27.7 Å².